The highest BCUT2D eigenvalue weighted by atomic mass is 19.4. The van der Waals surface area contributed by atoms with Crippen LogP contribution in [0.3, 0.4) is 0 Å². The van der Waals surface area contributed by atoms with Gasteiger partial charge in [-0.2, -0.15) is 26.3 Å². The first-order valence-electron chi connectivity index (χ1n) is 5.02. The molecule has 7 heteroatoms. The Hall–Kier alpha value is -1.24. The number of aliphatic hydroxyl groups is 1. The van der Waals surface area contributed by atoms with E-state index in [0.29, 0.717) is 6.07 Å². The summed E-state index contributed by atoms with van der Waals surface area (Å²) in [6, 6.07) is 0.672. The van der Waals surface area contributed by atoms with Crippen molar-refractivity contribution in [3.05, 3.63) is 34.4 Å². The van der Waals surface area contributed by atoms with Crippen LogP contribution in [0.4, 0.5) is 26.3 Å². The van der Waals surface area contributed by atoms with Crippen molar-refractivity contribution in [2.24, 2.45) is 0 Å². The van der Waals surface area contributed by atoms with Crippen molar-refractivity contribution in [1.82, 2.24) is 0 Å². The van der Waals surface area contributed by atoms with E-state index in [4.69, 9.17) is 5.11 Å². The van der Waals surface area contributed by atoms with Gasteiger partial charge in [-0.25, -0.2) is 0 Å². The van der Waals surface area contributed by atoms with Gasteiger partial charge in [0, 0.05) is 0 Å². The average molecular weight is 272 g/mol. The molecule has 1 rings (SSSR count). The summed E-state index contributed by atoms with van der Waals surface area (Å²) in [6.07, 6.45) is -9.80. The highest BCUT2D eigenvalue weighted by Gasteiger charge is 2.39. The van der Waals surface area contributed by atoms with E-state index in [1.165, 1.54) is 6.92 Å². The van der Waals surface area contributed by atoms with Crippen LogP contribution in [0.25, 0.3) is 0 Å². The maximum atomic E-state index is 12.6. The van der Waals surface area contributed by atoms with Crippen molar-refractivity contribution in [2.75, 3.05) is 0 Å². The number of benzene rings is 1. The third-order valence-electron chi connectivity index (χ3n) is 2.51. The van der Waals surface area contributed by atoms with Crippen molar-refractivity contribution < 1.29 is 31.4 Å². The zero-order valence-electron chi connectivity index (χ0n) is 9.28. The molecular weight excluding hydrogens is 262 g/mol. The standard InChI is InChI=1S/C11H10F6O/c1-2-6-3-7(10(12,13)14)4-9(8(6)5-18)11(15,16)17/h3-4,18H,2,5H2,1H3. The number of aliphatic hydroxyl groups excluding tert-OH is 1. The molecule has 0 aliphatic heterocycles. The number of halogens is 6. The molecule has 0 radical (unpaired) electrons. The smallest absolute Gasteiger partial charge is 0.392 e. The molecule has 1 aromatic rings. The van der Waals surface area contributed by atoms with Gasteiger partial charge in [0.25, 0.3) is 0 Å². The molecule has 0 saturated heterocycles. The van der Waals surface area contributed by atoms with Gasteiger partial charge in [0.1, 0.15) is 0 Å². The summed E-state index contributed by atoms with van der Waals surface area (Å²) in [7, 11) is 0. The molecule has 0 atom stereocenters. The monoisotopic (exact) mass is 272 g/mol. The highest BCUT2D eigenvalue weighted by molar-refractivity contribution is 5.41. The fraction of sp³-hybridized carbons (Fsp3) is 0.455. The zero-order valence-corrected chi connectivity index (χ0v) is 9.28. The van der Waals surface area contributed by atoms with E-state index in [9.17, 15) is 26.3 Å². The predicted octanol–water partition coefficient (Wildman–Crippen LogP) is 3.78. The summed E-state index contributed by atoms with van der Waals surface area (Å²) in [4.78, 5) is 0. The first-order chi connectivity index (χ1) is 8.11. The van der Waals surface area contributed by atoms with Crippen LogP contribution >= 0.6 is 0 Å². The van der Waals surface area contributed by atoms with Crippen LogP contribution in [0.5, 0.6) is 0 Å². The van der Waals surface area contributed by atoms with Gasteiger partial charge in [-0.05, 0) is 29.7 Å². The van der Waals surface area contributed by atoms with E-state index in [0.717, 1.165) is 0 Å². The first-order valence-corrected chi connectivity index (χ1v) is 5.02. The summed E-state index contributed by atoms with van der Waals surface area (Å²) in [5.41, 5.74) is -3.45. The van der Waals surface area contributed by atoms with Crippen LogP contribution in [0.2, 0.25) is 0 Å². The average Bonchev–Trinajstić information content (AvgIpc) is 2.24. The van der Waals surface area contributed by atoms with Crippen molar-refractivity contribution in [2.45, 2.75) is 32.3 Å². The Kier molecular flexibility index (Phi) is 3.95. The van der Waals surface area contributed by atoms with Gasteiger partial charge < -0.3 is 5.11 Å². The third-order valence-corrected chi connectivity index (χ3v) is 2.51. The van der Waals surface area contributed by atoms with Crippen LogP contribution in [-0.2, 0) is 25.4 Å². The summed E-state index contributed by atoms with van der Waals surface area (Å²) >= 11 is 0. The molecule has 0 amide bonds. The molecule has 1 nitrogen and oxygen atoms in total. The first kappa shape index (κ1) is 14.8. The summed E-state index contributed by atoms with van der Waals surface area (Å²) in [5, 5.41) is 8.91. The van der Waals surface area contributed by atoms with E-state index in [-0.39, 0.29) is 18.1 Å². The SMILES string of the molecule is CCc1cc(C(F)(F)F)cc(C(F)(F)F)c1CO. The third kappa shape index (κ3) is 2.95. The Balaban J connectivity index is 3.57. The molecule has 0 bridgehead atoms. The van der Waals surface area contributed by atoms with E-state index < -0.39 is 35.6 Å². The lowest BCUT2D eigenvalue weighted by molar-refractivity contribution is -0.143. The van der Waals surface area contributed by atoms with Crippen molar-refractivity contribution in [3.63, 3.8) is 0 Å². The fourth-order valence-corrected chi connectivity index (χ4v) is 1.65. The Morgan fingerprint density at radius 2 is 1.56 bits per heavy atom. The van der Waals surface area contributed by atoms with Gasteiger partial charge in [0.15, 0.2) is 0 Å². The highest BCUT2D eigenvalue weighted by Crippen LogP contribution is 2.39. The van der Waals surface area contributed by atoms with Crippen LogP contribution in [0, 0.1) is 0 Å². The second kappa shape index (κ2) is 4.79. The van der Waals surface area contributed by atoms with Crippen molar-refractivity contribution in [3.8, 4) is 0 Å². The number of aryl methyl sites for hydroxylation is 1. The minimum Gasteiger partial charge on any atom is -0.392 e. The number of alkyl halides is 6. The molecule has 0 fully saturated rings. The molecule has 0 heterocycles. The summed E-state index contributed by atoms with van der Waals surface area (Å²) < 4.78 is 75.4. The van der Waals surface area contributed by atoms with E-state index >= 15 is 0 Å². The largest absolute Gasteiger partial charge is 0.416 e. The second-order valence-electron chi connectivity index (χ2n) is 3.67. The Morgan fingerprint density at radius 3 is 1.89 bits per heavy atom. The quantitative estimate of drug-likeness (QED) is 0.812. The Bertz CT molecular complexity index is 432. The maximum absolute atomic E-state index is 12.6. The van der Waals surface area contributed by atoms with Crippen molar-refractivity contribution in [1.29, 1.82) is 0 Å². The number of hydrogen-bond acceptors (Lipinski definition) is 1. The van der Waals surface area contributed by atoms with E-state index in [2.05, 4.69) is 0 Å². The van der Waals surface area contributed by atoms with Crippen LogP contribution in [0.15, 0.2) is 12.1 Å². The van der Waals surface area contributed by atoms with Crippen LogP contribution in [0.1, 0.15) is 29.2 Å². The lowest BCUT2D eigenvalue weighted by Gasteiger charge is -2.18. The lowest BCUT2D eigenvalue weighted by atomic mass is 9.95. The van der Waals surface area contributed by atoms with Crippen molar-refractivity contribution >= 4 is 0 Å². The minimum atomic E-state index is -4.93. The molecule has 0 saturated carbocycles. The number of hydrogen-bond donors (Lipinski definition) is 1. The summed E-state index contributed by atoms with van der Waals surface area (Å²) in [5.74, 6) is 0. The molecule has 0 spiro atoms. The molecule has 0 aliphatic carbocycles. The number of rotatable bonds is 2. The van der Waals surface area contributed by atoms with Gasteiger partial charge >= 0.3 is 12.4 Å². The normalized spacial score (nSPS) is 12.9. The Labute approximate surface area is 99.0 Å². The predicted molar refractivity (Wildman–Crippen MR) is 51.7 cm³/mol. The van der Waals surface area contributed by atoms with Crippen LogP contribution < -0.4 is 0 Å². The van der Waals surface area contributed by atoms with Gasteiger partial charge in [-0.1, -0.05) is 6.92 Å². The Morgan fingerprint density at radius 1 is 1.00 bits per heavy atom. The molecule has 1 aromatic carbocycles. The molecule has 18 heavy (non-hydrogen) atoms. The van der Waals surface area contributed by atoms with Crippen LogP contribution in [-0.4, -0.2) is 5.11 Å². The second-order valence-corrected chi connectivity index (χ2v) is 3.67. The minimum absolute atomic E-state index is 0.0249. The molecule has 0 unspecified atom stereocenters. The van der Waals surface area contributed by atoms with Gasteiger partial charge in [0.2, 0.25) is 0 Å². The van der Waals surface area contributed by atoms with Gasteiger partial charge in [0.05, 0.1) is 17.7 Å². The van der Waals surface area contributed by atoms with E-state index in [1.807, 2.05) is 0 Å². The molecule has 0 aliphatic rings. The topological polar surface area (TPSA) is 20.2 Å². The molecule has 0 aromatic heterocycles. The maximum Gasteiger partial charge on any atom is 0.416 e. The lowest BCUT2D eigenvalue weighted by Crippen LogP contribution is -2.15. The molecule has 1 N–H and O–H groups in total. The fourth-order valence-electron chi connectivity index (χ4n) is 1.65. The molecule has 102 valence electrons. The van der Waals surface area contributed by atoms with Gasteiger partial charge in [-0.3, -0.25) is 0 Å². The van der Waals surface area contributed by atoms with Gasteiger partial charge in [-0.15, -0.1) is 0 Å². The zero-order chi connectivity index (χ0) is 14.1. The molecular formula is C11H10F6O. The van der Waals surface area contributed by atoms with E-state index in [1.54, 1.807) is 0 Å². The summed E-state index contributed by atoms with van der Waals surface area (Å²) in [6.45, 7) is 0.477.